The average Bonchev–Trinajstić information content (AvgIpc) is 3.25. The van der Waals surface area contributed by atoms with Gasteiger partial charge in [-0.2, -0.15) is 0 Å². The van der Waals surface area contributed by atoms with Crippen molar-refractivity contribution in [3.63, 3.8) is 0 Å². The Hall–Kier alpha value is -4.63. The maximum Gasteiger partial charge on any atom is 0.151 e. The van der Waals surface area contributed by atoms with Gasteiger partial charge >= 0.3 is 0 Å². The molecule has 294 valence electrons. The molecule has 1 atom stereocenters. The van der Waals surface area contributed by atoms with Crippen molar-refractivity contribution in [3.8, 4) is 11.5 Å². The minimum Gasteiger partial charge on any atom is -0.488 e. The molecule has 2 aliphatic heterocycles. The number of rotatable bonds is 10. The second kappa shape index (κ2) is 16.8. The molecule has 1 unspecified atom stereocenters. The van der Waals surface area contributed by atoms with Gasteiger partial charge in [-0.05, 0) is 76.0 Å². The Kier molecular flexibility index (Phi) is 11.1. The van der Waals surface area contributed by atoms with E-state index in [1.165, 1.54) is 0 Å². The summed E-state index contributed by atoms with van der Waals surface area (Å²) in [5.74, 6) is 2.83. The van der Waals surface area contributed by atoms with Crippen LogP contribution in [0, 0.1) is 5.92 Å². The van der Waals surface area contributed by atoms with Crippen LogP contribution >= 0.6 is 11.6 Å². The molecular weight excluding hydrogens is 732 g/mol. The van der Waals surface area contributed by atoms with E-state index in [2.05, 4.69) is 58.9 Å². The Labute approximate surface area is 331 Å². The highest BCUT2D eigenvalue weighted by atomic mass is 35.5. The third kappa shape index (κ3) is 8.11. The summed E-state index contributed by atoms with van der Waals surface area (Å²) >= 11 is 6.46. The third-order valence-electron chi connectivity index (χ3n) is 11.8. The van der Waals surface area contributed by atoms with Crippen molar-refractivity contribution < 1.29 is 18.9 Å². The first-order valence-electron chi connectivity index (χ1n) is 20.1. The van der Waals surface area contributed by atoms with E-state index in [4.69, 9.17) is 46.3 Å². The zero-order valence-electron chi connectivity index (χ0n) is 31.6. The van der Waals surface area contributed by atoms with E-state index in [0.29, 0.717) is 43.3 Å². The fourth-order valence-electron chi connectivity index (χ4n) is 8.77. The molecule has 2 N–H and O–H groups in total. The largest absolute Gasteiger partial charge is 0.488 e. The van der Waals surface area contributed by atoms with Gasteiger partial charge in [0.25, 0.3) is 0 Å². The highest BCUT2D eigenvalue weighted by molar-refractivity contribution is 6.29. The molecule has 2 aromatic carbocycles. The number of aromatic nitrogens is 6. The first-order valence-corrected chi connectivity index (χ1v) is 20.4. The normalized spacial score (nSPS) is 24.6. The molecule has 2 saturated heterocycles. The number of ether oxygens (including phenoxy) is 4. The summed E-state index contributed by atoms with van der Waals surface area (Å²) in [6, 6.07) is 8.59. The first kappa shape index (κ1) is 37.0. The number of fused-ring (bicyclic) bond motifs is 2. The Morgan fingerprint density at radius 1 is 0.714 bits per heavy atom. The predicted molar refractivity (Wildman–Crippen MR) is 216 cm³/mol. The molecule has 5 aromatic rings. The smallest absolute Gasteiger partial charge is 0.151 e. The van der Waals surface area contributed by atoms with Crippen LogP contribution in [-0.4, -0.2) is 107 Å². The van der Waals surface area contributed by atoms with Crippen LogP contribution in [0.4, 0.5) is 17.2 Å². The molecule has 14 nitrogen and oxygen atoms in total. The second-order valence-corrected chi connectivity index (χ2v) is 15.6. The van der Waals surface area contributed by atoms with Gasteiger partial charge in [-0.3, -0.25) is 15.0 Å². The van der Waals surface area contributed by atoms with Crippen LogP contribution in [0.3, 0.4) is 0 Å². The van der Waals surface area contributed by atoms with E-state index in [9.17, 15) is 0 Å². The maximum absolute atomic E-state index is 6.79. The third-order valence-corrected chi connectivity index (χ3v) is 11.9. The van der Waals surface area contributed by atoms with Gasteiger partial charge in [0.05, 0.1) is 62.0 Å². The molecule has 2 saturated carbocycles. The van der Waals surface area contributed by atoms with Crippen molar-refractivity contribution in [2.75, 3.05) is 67.2 Å². The number of nitrogens with two attached hydrogens (primary N) is 1. The quantitative estimate of drug-likeness (QED) is 0.182. The number of morpholine rings is 2. The zero-order chi connectivity index (χ0) is 37.8. The van der Waals surface area contributed by atoms with Gasteiger partial charge in [-0.15, -0.1) is 0 Å². The number of anilines is 3. The molecule has 15 heteroatoms. The summed E-state index contributed by atoms with van der Waals surface area (Å²) in [5.41, 5.74) is 11.3. The average molecular weight is 781 g/mol. The number of benzene rings is 2. The zero-order valence-corrected chi connectivity index (χ0v) is 32.3. The molecule has 4 aliphatic rings. The summed E-state index contributed by atoms with van der Waals surface area (Å²) in [7, 11) is 0. The van der Waals surface area contributed by atoms with Gasteiger partial charge in [-0.25, -0.2) is 15.0 Å². The summed E-state index contributed by atoms with van der Waals surface area (Å²) < 4.78 is 25.7. The Morgan fingerprint density at radius 2 is 1.30 bits per heavy atom. The lowest BCUT2D eigenvalue weighted by Crippen LogP contribution is -2.56. The van der Waals surface area contributed by atoms with E-state index in [1.807, 2.05) is 0 Å². The molecule has 0 spiro atoms. The van der Waals surface area contributed by atoms with E-state index in [-0.39, 0.29) is 24.5 Å². The molecule has 0 radical (unpaired) electrons. The molecule has 9 rings (SSSR count). The van der Waals surface area contributed by atoms with Crippen molar-refractivity contribution >= 4 is 50.9 Å². The minimum atomic E-state index is -0.295. The molecule has 0 bridgehead atoms. The lowest BCUT2D eigenvalue weighted by Gasteiger charge is -2.45. The van der Waals surface area contributed by atoms with Gasteiger partial charge in [0.1, 0.15) is 33.9 Å². The van der Waals surface area contributed by atoms with E-state index < -0.39 is 0 Å². The van der Waals surface area contributed by atoms with E-state index >= 15 is 0 Å². The minimum absolute atomic E-state index is 0.0231. The van der Waals surface area contributed by atoms with Crippen molar-refractivity contribution in [2.24, 2.45) is 11.7 Å². The summed E-state index contributed by atoms with van der Waals surface area (Å²) in [4.78, 5) is 34.8. The molecule has 0 amide bonds. The van der Waals surface area contributed by atoms with Gasteiger partial charge in [0.2, 0.25) is 0 Å². The number of halogens is 1. The number of nitrogens with zero attached hydrogens (tertiary/aromatic N) is 9. The van der Waals surface area contributed by atoms with Gasteiger partial charge in [0.15, 0.2) is 5.82 Å². The number of hydrogen-bond acceptors (Lipinski definition) is 14. The SMILES string of the molecule is NC[C@H]1CC[C@@H](Oc2cc(N3CCOC(N(c4cncc(Cl)n4)[C@H]4CC[C@@H](Oc5cc(N6CCOCC6)cc6nccnc56)CC4)C3)cc3nccnc23)CC1. The summed E-state index contributed by atoms with van der Waals surface area (Å²) in [5, 5.41) is 0.348. The van der Waals surface area contributed by atoms with Crippen LogP contribution in [0.15, 0.2) is 61.4 Å². The first-order chi connectivity index (χ1) is 27.6. The van der Waals surface area contributed by atoms with Crippen LogP contribution in [0.1, 0.15) is 51.4 Å². The van der Waals surface area contributed by atoms with Crippen LogP contribution in [0.5, 0.6) is 11.5 Å². The topological polar surface area (TPSA) is 150 Å². The van der Waals surface area contributed by atoms with Gasteiger partial charge in [-0.1, -0.05) is 11.6 Å². The summed E-state index contributed by atoms with van der Waals surface area (Å²) in [6.45, 7) is 5.68. The summed E-state index contributed by atoms with van der Waals surface area (Å²) in [6.07, 6.45) is 17.7. The number of hydrogen-bond donors (Lipinski definition) is 1. The highest BCUT2D eigenvalue weighted by Crippen LogP contribution is 2.38. The van der Waals surface area contributed by atoms with Crippen molar-refractivity contribution in [1.82, 2.24) is 29.9 Å². The molecule has 4 fully saturated rings. The lowest BCUT2D eigenvalue weighted by atomic mass is 9.87. The lowest BCUT2D eigenvalue weighted by molar-refractivity contribution is 0.0263. The molecule has 2 aliphatic carbocycles. The molecule has 56 heavy (non-hydrogen) atoms. The van der Waals surface area contributed by atoms with Crippen LogP contribution in [0.2, 0.25) is 5.15 Å². The van der Waals surface area contributed by atoms with Gasteiger partial charge < -0.3 is 39.4 Å². The van der Waals surface area contributed by atoms with E-state index in [1.54, 1.807) is 37.2 Å². The van der Waals surface area contributed by atoms with Crippen LogP contribution < -0.4 is 29.9 Å². The second-order valence-electron chi connectivity index (χ2n) is 15.3. The van der Waals surface area contributed by atoms with Crippen LogP contribution in [0.25, 0.3) is 22.1 Å². The van der Waals surface area contributed by atoms with Crippen molar-refractivity contribution in [2.45, 2.75) is 75.8 Å². The van der Waals surface area contributed by atoms with E-state index in [0.717, 1.165) is 122 Å². The maximum atomic E-state index is 6.79. The molecule has 3 aromatic heterocycles. The highest BCUT2D eigenvalue weighted by Gasteiger charge is 2.36. The predicted octanol–water partition coefficient (Wildman–Crippen LogP) is 5.81. The van der Waals surface area contributed by atoms with Crippen molar-refractivity contribution in [1.29, 1.82) is 0 Å². The Bertz CT molecular complexity index is 2110. The Balaban J connectivity index is 0.934. The fraction of sp³-hybridized carbons (Fsp3) is 0.512. The molecule has 5 heterocycles. The monoisotopic (exact) mass is 780 g/mol. The van der Waals surface area contributed by atoms with Crippen molar-refractivity contribution in [3.05, 3.63) is 66.6 Å². The fourth-order valence-corrected chi connectivity index (χ4v) is 8.91. The van der Waals surface area contributed by atoms with Gasteiger partial charge in [0, 0.05) is 74.0 Å². The standard InChI is InChI=1S/C41H49ClN10O4/c42-37-24-44-25-38(49-37)52(28-3-7-32(8-4-28)56-35-21-29(50-13-16-53-17-14-50)19-33-40(35)47-11-9-45-33)39-26-51(15-18-54-39)30-20-34-41(48-12-10-46-34)36(22-30)55-31-5-1-27(23-43)2-6-31/h9-12,19-22,24-25,27-28,31-32,39H,1-8,13-18,23,26,43H2/t27-,28-,31+,32+,39?. The molecular formula is C41H49ClN10O4. The Morgan fingerprint density at radius 3 is 1.93 bits per heavy atom. The van der Waals surface area contributed by atoms with Crippen LogP contribution in [-0.2, 0) is 9.47 Å².